The van der Waals surface area contributed by atoms with Crippen LogP contribution in [0.1, 0.15) is 36.5 Å². The third-order valence-electron chi connectivity index (χ3n) is 2.68. The first-order chi connectivity index (χ1) is 8.95. The van der Waals surface area contributed by atoms with E-state index in [-0.39, 0.29) is 11.3 Å². The summed E-state index contributed by atoms with van der Waals surface area (Å²) >= 11 is 0. The lowest BCUT2D eigenvalue weighted by atomic mass is 10.1. The summed E-state index contributed by atoms with van der Waals surface area (Å²) in [6, 6.07) is 2.36. The van der Waals surface area contributed by atoms with Gasteiger partial charge in [0.2, 0.25) is 5.91 Å². The first-order valence-electron chi connectivity index (χ1n) is 6.05. The van der Waals surface area contributed by atoms with Gasteiger partial charge in [0.1, 0.15) is 5.82 Å². The summed E-state index contributed by atoms with van der Waals surface area (Å²) in [5.41, 5.74) is 5.41. The highest BCUT2D eigenvalue weighted by Crippen LogP contribution is 2.17. The maximum Gasteiger partial charge on any atom is 0.337 e. The summed E-state index contributed by atoms with van der Waals surface area (Å²) in [6.07, 6.45) is 2.20. The standard InChI is InChI=1S/C13H17FN2O3/c1-2-3-4-10(15)12(17)16-11-7-8(14)5-6-9(11)13(18)19/h5-7,10H,2-4,15H2,1H3,(H,16,17)(H,18,19). The number of benzene rings is 1. The molecule has 1 unspecified atom stereocenters. The van der Waals surface area contributed by atoms with Crippen molar-refractivity contribution < 1.29 is 19.1 Å². The van der Waals surface area contributed by atoms with Gasteiger partial charge in [-0.15, -0.1) is 0 Å². The van der Waals surface area contributed by atoms with E-state index >= 15 is 0 Å². The maximum atomic E-state index is 13.1. The van der Waals surface area contributed by atoms with Crippen molar-refractivity contribution in [3.63, 3.8) is 0 Å². The molecule has 0 bridgehead atoms. The molecule has 0 aliphatic carbocycles. The summed E-state index contributed by atoms with van der Waals surface area (Å²) < 4.78 is 13.1. The van der Waals surface area contributed by atoms with Crippen LogP contribution in [-0.2, 0) is 4.79 Å². The molecular weight excluding hydrogens is 251 g/mol. The second-order valence-electron chi connectivity index (χ2n) is 4.23. The predicted octanol–water partition coefficient (Wildman–Crippen LogP) is 1.98. The summed E-state index contributed by atoms with van der Waals surface area (Å²) in [4.78, 5) is 22.7. The van der Waals surface area contributed by atoms with Crippen molar-refractivity contribution in [2.45, 2.75) is 32.2 Å². The third kappa shape index (κ3) is 4.33. The molecule has 1 amide bonds. The molecule has 0 heterocycles. The zero-order valence-electron chi connectivity index (χ0n) is 10.6. The van der Waals surface area contributed by atoms with Crippen molar-refractivity contribution in [3.8, 4) is 0 Å². The molecule has 0 aromatic heterocycles. The van der Waals surface area contributed by atoms with Crippen molar-refractivity contribution in [1.82, 2.24) is 0 Å². The number of carboxylic acid groups (broad SMARTS) is 1. The Labute approximate surface area is 110 Å². The fraction of sp³-hybridized carbons (Fsp3) is 0.385. The number of carbonyl (C=O) groups is 2. The molecule has 0 radical (unpaired) electrons. The lowest BCUT2D eigenvalue weighted by Gasteiger charge is -2.13. The average molecular weight is 268 g/mol. The minimum Gasteiger partial charge on any atom is -0.478 e. The Morgan fingerprint density at radius 3 is 2.74 bits per heavy atom. The average Bonchev–Trinajstić information content (AvgIpc) is 2.35. The molecule has 0 aliphatic rings. The van der Waals surface area contributed by atoms with Crippen LogP contribution in [-0.4, -0.2) is 23.0 Å². The number of carbonyl (C=O) groups excluding carboxylic acids is 1. The van der Waals surface area contributed by atoms with Gasteiger partial charge in [0.15, 0.2) is 0 Å². The zero-order chi connectivity index (χ0) is 14.4. The van der Waals surface area contributed by atoms with E-state index < -0.39 is 23.7 Å². The van der Waals surface area contributed by atoms with Crippen molar-refractivity contribution in [2.24, 2.45) is 5.73 Å². The van der Waals surface area contributed by atoms with Crippen LogP contribution in [0.3, 0.4) is 0 Å². The van der Waals surface area contributed by atoms with Gasteiger partial charge in [-0.25, -0.2) is 9.18 Å². The Bertz CT molecular complexity index is 477. The molecule has 0 aliphatic heterocycles. The van der Waals surface area contributed by atoms with Crippen molar-refractivity contribution in [3.05, 3.63) is 29.6 Å². The molecule has 1 atom stereocenters. The van der Waals surface area contributed by atoms with Crippen LogP contribution < -0.4 is 11.1 Å². The quantitative estimate of drug-likeness (QED) is 0.735. The molecule has 1 aromatic rings. The Morgan fingerprint density at radius 2 is 2.16 bits per heavy atom. The zero-order valence-corrected chi connectivity index (χ0v) is 10.6. The van der Waals surface area contributed by atoms with Gasteiger partial charge in [-0.1, -0.05) is 19.8 Å². The lowest BCUT2D eigenvalue weighted by molar-refractivity contribution is -0.117. The van der Waals surface area contributed by atoms with Crippen molar-refractivity contribution in [1.29, 1.82) is 0 Å². The normalized spacial score (nSPS) is 11.9. The van der Waals surface area contributed by atoms with Gasteiger partial charge in [-0.2, -0.15) is 0 Å². The van der Waals surface area contributed by atoms with E-state index in [2.05, 4.69) is 5.32 Å². The fourth-order valence-corrected chi connectivity index (χ4v) is 1.59. The fourth-order valence-electron chi connectivity index (χ4n) is 1.59. The number of amides is 1. The van der Waals surface area contributed by atoms with E-state index in [1.807, 2.05) is 6.92 Å². The molecule has 0 fully saturated rings. The SMILES string of the molecule is CCCCC(N)C(=O)Nc1cc(F)ccc1C(=O)O. The highest BCUT2D eigenvalue weighted by Gasteiger charge is 2.17. The first-order valence-corrected chi connectivity index (χ1v) is 6.05. The van der Waals surface area contributed by atoms with E-state index in [1.165, 1.54) is 0 Å². The first kappa shape index (κ1) is 15.1. The van der Waals surface area contributed by atoms with E-state index in [4.69, 9.17) is 10.8 Å². The van der Waals surface area contributed by atoms with Crippen LogP contribution in [0.15, 0.2) is 18.2 Å². The summed E-state index contributed by atoms with van der Waals surface area (Å²) in [5, 5.41) is 11.3. The molecular formula is C13H17FN2O3. The monoisotopic (exact) mass is 268 g/mol. The number of halogens is 1. The molecule has 0 saturated carbocycles. The molecule has 5 nitrogen and oxygen atoms in total. The molecule has 1 rings (SSSR count). The van der Waals surface area contributed by atoms with Gasteiger partial charge in [0.25, 0.3) is 0 Å². The van der Waals surface area contributed by atoms with Crippen LogP contribution in [0, 0.1) is 5.82 Å². The van der Waals surface area contributed by atoms with E-state index in [0.29, 0.717) is 6.42 Å². The second kappa shape index (κ2) is 6.84. The predicted molar refractivity (Wildman–Crippen MR) is 69.5 cm³/mol. The van der Waals surface area contributed by atoms with Gasteiger partial charge >= 0.3 is 5.97 Å². The maximum absolute atomic E-state index is 13.1. The summed E-state index contributed by atoms with van der Waals surface area (Å²) in [6.45, 7) is 1.97. The molecule has 19 heavy (non-hydrogen) atoms. The molecule has 6 heteroatoms. The van der Waals surface area contributed by atoms with Crippen LogP contribution in [0.25, 0.3) is 0 Å². The summed E-state index contributed by atoms with van der Waals surface area (Å²) in [5.74, 6) is -2.37. The number of hydrogen-bond acceptors (Lipinski definition) is 3. The number of nitrogens with two attached hydrogens (primary N) is 1. The van der Waals surface area contributed by atoms with E-state index in [0.717, 1.165) is 31.0 Å². The van der Waals surface area contributed by atoms with E-state index in [1.54, 1.807) is 0 Å². The van der Waals surface area contributed by atoms with Gasteiger partial charge in [-0.05, 0) is 24.6 Å². The number of nitrogens with one attached hydrogen (secondary N) is 1. The Hall–Kier alpha value is -1.95. The van der Waals surface area contributed by atoms with Crippen LogP contribution in [0.5, 0.6) is 0 Å². The van der Waals surface area contributed by atoms with Crippen LogP contribution in [0.4, 0.5) is 10.1 Å². The number of carboxylic acids is 1. The summed E-state index contributed by atoms with van der Waals surface area (Å²) in [7, 11) is 0. The number of hydrogen-bond donors (Lipinski definition) is 3. The Kier molecular flexibility index (Phi) is 5.44. The smallest absolute Gasteiger partial charge is 0.337 e. The minimum atomic E-state index is -1.24. The minimum absolute atomic E-state index is 0.0792. The highest BCUT2D eigenvalue weighted by molar-refractivity contribution is 6.02. The topological polar surface area (TPSA) is 92.4 Å². The lowest BCUT2D eigenvalue weighted by Crippen LogP contribution is -2.35. The molecule has 104 valence electrons. The molecule has 0 spiro atoms. The number of anilines is 1. The number of rotatable bonds is 6. The van der Waals surface area contributed by atoms with Gasteiger partial charge in [0, 0.05) is 0 Å². The molecule has 4 N–H and O–H groups in total. The van der Waals surface area contributed by atoms with E-state index in [9.17, 15) is 14.0 Å². The molecule has 0 saturated heterocycles. The van der Waals surface area contributed by atoms with Crippen LogP contribution >= 0.6 is 0 Å². The largest absolute Gasteiger partial charge is 0.478 e. The van der Waals surface area contributed by atoms with Crippen molar-refractivity contribution >= 4 is 17.6 Å². The van der Waals surface area contributed by atoms with Gasteiger partial charge in [-0.3, -0.25) is 4.79 Å². The van der Waals surface area contributed by atoms with Crippen LogP contribution in [0.2, 0.25) is 0 Å². The Morgan fingerprint density at radius 1 is 1.47 bits per heavy atom. The van der Waals surface area contributed by atoms with Crippen molar-refractivity contribution in [2.75, 3.05) is 5.32 Å². The molecule has 1 aromatic carbocycles. The number of unbranched alkanes of at least 4 members (excludes halogenated alkanes) is 1. The Balaban J connectivity index is 2.83. The number of aromatic carboxylic acids is 1. The van der Waals surface area contributed by atoms with Gasteiger partial charge < -0.3 is 16.2 Å². The van der Waals surface area contributed by atoms with Gasteiger partial charge in [0.05, 0.1) is 17.3 Å². The second-order valence-corrected chi connectivity index (χ2v) is 4.23. The highest BCUT2D eigenvalue weighted by atomic mass is 19.1. The third-order valence-corrected chi connectivity index (χ3v) is 2.68.